The lowest BCUT2D eigenvalue weighted by Crippen LogP contribution is -2.34. The van der Waals surface area contributed by atoms with Gasteiger partial charge in [0.25, 0.3) is 5.91 Å². The maximum absolute atomic E-state index is 12.8. The molecule has 3 amide bonds. The number of carbonyl (C=O) groups is 3. The van der Waals surface area contributed by atoms with Crippen molar-refractivity contribution in [2.45, 2.75) is 31.6 Å². The summed E-state index contributed by atoms with van der Waals surface area (Å²) < 4.78 is 11.3. The molecule has 0 spiro atoms. The predicted octanol–water partition coefficient (Wildman–Crippen LogP) is 3.23. The SMILES string of the molecule is O=C(Nc1ccc(Oc2ccc(Cl)cc2)nn1)c1ccc(CN2C(=O)C3C4CCC(O4)C3C2=O)nc1. The van der Waals surface area contributed by atoms with E-state index in [1.54, 1.807) is 48.5 Å². The molecule has 4 unspecified atom stereocenters. The van der Waals surface area contributed by atoms with E-state index in [4.69, 9.17) is 21.1 Å². The summed E-state index contributed by atoms with van der Waals surface area (Å²) in [6, 6.07) is 13.2. The molecule has 3 fully saturated rings. The minimum Gasteiger partial charge on any atom is -0.438 e. The molecule has 1 aromatic carbocycles. The number of anilines is 1. The highest BCUT2D eigenvalue weighted by Crippen LogP contribution is 2.48. The maximum Gasteiger partial charge on any atom is 0.258 e. The van der Waals surface area contributed by atoms with Gasteiger partial charge >= 0.3 is 0 Å². The number of hydrogen-bond acceptors (Lipinski definition) is 8. The van der Waals surface area contributed by atoms with E-state index in [1.807, 2.05) is 0 Å². The van der Waals surface area contributed by atoms with Gasteiger partial charge in [-0.3, -0.25) is 24.3 Å². The van der Waals surface area contributed by atoms with Gasteiger partial charge in [0, 0.05) is 17.3 Å². The molecule has 0 aliphatic carbocycles. The van der Waals surface area contributed by atoms with Crippen molar-refractivity contribution in [3.8, 4) is 11.6 Å². The van der Waals surface area contributed by atoms with Gasteiger partial charge in [-0.25, -0.2) is 0 Å². The first-order valence-corrected chi connectivity index (χ1v) is 11.9. The molecule has 0 radical (unpaired) electrons. The minimum atomic E-state index is -0.425. The van der Waals surface area contributed by atoms with Crippen LogP contribution in [0, 0.1) is 11.8 Å². The highest BCUT2D eigenvalue weighted by molar-refractivity contribution is 6.30. The van der Waals surface area contributed by atoms with Crippen LogP contribution in [-0.4, -0.2) is 50.0 Å². The molecule has 0 saturated carbocycles. The third-order valence-electron chi connectivity index (χ3n) is 6.70. The van der Waals surface area contributed by atoms with Crippen LogP contribution in [0.4, 0.5) is 5.82 Å². The Morgan fingerprint density at radius 2 is 1.72 bits per heavy atom. The standard InChI is InChI=1S/C25H20ClN5O5/c26-14-2-5-16(6-3-14)35-20-10-9-19(29-30-20)28-23(32)13-1-4-15(27-11-13)12-31-24(33)21-17-7-8-18(36-17)22(21)25(31)34/h1-6,9-11,17-18,21-22H,7-8,12H2,(H,28,29,32). The number of aromatic nitrogens is 3. The number of likely N-dealkylation sites (tertiary alicyclic amines) is 1. The van der Waals surface area contributed by atoms with E-state index in [2.05, 4.69) is 20.5 Å². The van der Waals surface area contributed by atoms with Gasteiger partial charge in [-0.1, -0.05) is 11.6 Å². The number of halogens is 1. The lowest BCUT2D eigenvalue weighted by molar-refractivity contribution is -0.143. The molecule has 182 valence electrons. The van der Waals surface area contributed by atoms with Gasteiger partial charge in [-0.05, 0) is 55.3 Å². The number of benzene rings is 1. The van der Waals surface area contributed by atoms with Crippen LogP contribution in [0.1, 0.15) is 28.9 Å². The Hall–Kier alpha value is -3.89. The fraction of sp³-hybridized carbons (Fsp3) is 0.280. The second-order valence-corrected chi connectivity index (χ2v) is 9.35. The summed E-state index contributed by atoms with van der Waals surface area (Å²) in [7, 11) is 0. The van der Waals surface area contributed by atoms with Crippen LogP contribution in [-0.2, 0) is 20.9 Å². The topological polar surface area (TPSA) is 124 Å². The average Bonchev–Trinajstić information content (AvgIpc) is 3.57. The zero-order valence-corrected chi connectivity index (χ0v) is 19.6. The molecule has 1 N–H and O–H groups in total. The van der Waals surface area contributed by atoms with Gasteiger partial charge in [-0.2, -0.15) is 0 Å². The summed E-state index contributed by atoms with van der Waals surface area (Å²) in [5.41, 5.74) is 0.814. The molecule has 3 aliphatic heterocycles. The zero-order chi connectivity index (χ0) is 24.8. The second-order valence-electron chi connectivity index (χ2n) is 8.91. The number of fused-ring (bicyclic) bond motifs is 5. The molecule has 10 nitrogen and oxygen atoms in total. The van der Waals surface area contributed by atoms with E-state index >= 15 is 0 Å². The summed E-state index contributed by atoms with van der Waals surface area (Å²) in [5, 5.41) is 11.2. The molecule has 11 heteroatoms. The number of amides is 3. The fourth-order valence-corrected chi connectivity index (χ4v) is 5.12. The summed E-state index contributed by atoms with van der Waals surface area (Å²) >= 11 is 5.86. The largest absolute Gasteiger partial charge is 0.438 e. The molecular formula is C25H20ClN5O5. The first-order valence-electron chi connectivity index (χ1n) is 11.5. The summed E-state index contributed by atoms with van der Waals surface area (Å²) in [5.74, 6) is -0.494. The van der Waals surface area contributed by atoms with E-state index in [9.17, 15) is 14.4 Å². The number of imide groups is 1. The maximum atomic E-state index is 12.8. The van der Waals surface area contributed by atoms with E-state index in [1.165, 1.54) is 11.1 Å². The number of carbonyl (C=O) groups excluding carboxylic acids is 3. The molecule has 36 heavy (non-hydrogen) atoms. The van der Waals surface area contributed by atoms with Crippen LogP contribution in [0.3, 0.4) is 0 Å². The van der Waals surface area contributed by atoms with E-state index in [0.717, 1.165) is 12.8 Å². The van der Waals surface area contributed by atoms with Gasteiger partial charge in [0.2, 0.25) is 17.7 Å². The molecule has 3 aliphatic rings. The number of hydrogen-bond donors (Lipinski definition) is 1. The summed E-state index contributed by atoms with van der Waals surface area (Å²) in [4.78, 5) is 43.8. The van der Waals surface area contributed by atoms with Crippen LogP contribution < -0.4 is 10.1 Å². The molecule has 3 saturated heterocycles. The van der Waals surface area contributed by atoms with Crippen LogP contribution in [0.5, 0.6) is 11.6 Å². The summed E-state index contributed by atoms with van der Waals surface area (Å²) in [6.45, 7) is 0.0760. The van der Waals surface area contributed by atoms with E-state index in [-0.39, 0.29) is 54.1 Å². The Balaban J connectivity index is 1.06. The van der Waals surface area contributed by atoms with Crippen LogP contribution in [0.2, 0.25) is 5.02 Å². The third kappa shape index (κ3) is 4.08. The molecule has 4 atom stereocenters. The molecule has 2 bridgehead atoms. The van der Waals surface area contributed by atoms with Crippen molar-refractivity contribution in [1.82, 2.24) is 20.1 Å². The van der Waals surface area contributed by atoms with Crippen molar-refractivity contribution in [2.24, 2.45) is 11.8 Å². The Morgan fingerprint density at radius 3 is 2.33 bits per heavy atom. The average molecular weight is 506 g/mol. The van der Waals surface area contributed by atoms with Crippen LogP contribution in [0.25, 0.3) is 0 Å². The van der Waals surface area contributed by atoms with E-state index < -0.39 is 5.91 Å². The Labute approximate surface area is 210 Å². The fourth-order valence-electron chi connectivity index (χ4n) is 5.00. The van der Waals surface area contributed by atoms with Gasteiger partial charge < -0.3 is 14.8 Å². The van der Waals surface area contributed by atoms with Gasteiger partial charge in [0.15, 0.2) is 5.82 Å². The van der Waals surface area contributed by atoms with Crippen molar-refractivity contribution in [1.29, 1.82) is 0 Å². The molecule has 2 aromatic heterocycles. The van der Waals surface area contributed by atoms with Gasteiger partial charge in [0.05, 0.1) is 41.8 Å². The lowest BCUT2D eigenvalue weighted by atomic mass is 9.81. The third-order valence-corrected chi connectivity index (χ3v) is 6.95. The number of nitrogens with zero attached hydrogens (tertiary/aromatic N) is 4. The molecular weight excluding hydrogens is 486 g/mol. The molecule has 5 heterocycles. The minimum absolute atomic E-state index is 0.0760. The highest BCUT2D eigenvalue weighted by Gasteiger charge is 2.62. The molecule has 6 rings (SSSR count). The lowest BCUT2D eigenvalue weighted by Gasteiger charge is -2.17. The van der Waals surface area contributed by atoms with Crippen molar-refractivity contribution in [3.05, 3.63) is 71.0 Å². The monoisotopic (exact) mass is 505 g/mol. The second kappa shape index (κ2) is 8.96. The van der Waals surface area contributed by atoms with Crippen LogP contribution >= 0.6 is 11.6 Å². The van der Waals surface area contributed by atoms with Gasteiger partial charge in [0.1, 0.15) is 5.75 Å². The smallest absolute Gasteiger partial charge is 0.258 e. The Bertz CT molecular complexity index is 1300. The predicted molar refractivity (Wildman–Crippen MR) is 126 cm³/mol. The summed E-state index contributed by atoms with van der Waals surface area (Å²) in [6.07, 6.45) is 2.74. The van der Waals surface area contributed by atoms with Crippen molar-refractivity contribution >= 4 is 35.1 Å². The number of rotatable bonds is 6. The Morgan fingerprint density at radius 1 is 1.00 bits per heavy atom. The first kappa shape index (κ1) is 22.6. The number of nitrogens with one attached hydrogen (secondary N) is 1. The van der Waals surface area contributed by atoms with Crippen molar-refractivity contribution < 1.29 is 23.9 Å². The Kier molecular flexibility index (Phi) is 5.62. The van der Waals surface area contributed by atoms with Gasteiger partial charge in [-0.15, -0.1) is 10.2 Å². The first-order chi connectivity index (χ1) is 17.5. The van der Waals surface area contributed by atoms with Crippen molar-refractivity contribution in [3.63, 3.8) is 0 Å². The molecule has 3 aromatic rings. The van der Waals surface area contributed by atoms with Crippen molar-refractivity contribution in [2.75, 3.05) is 5.32 Å². The zero-order valence-electron chi connectivity index (χ0n) is 18.8. The normalized spacial score (nSPS) is 24.2. The quantitative estimate of drug-likeness (QED) is 0.506. The van der Waals surface area contributed by atoms with E-state index in [0.29, 0.717) is 22.0 Å². The highest BCUT2D eigenvalue weighted by atomic mass is 35.5. The number of ether oxygens (including phenoxy) is 2. The number of pyridine rings is 1. The van der Waals surface area contributed by atoms with Crippen LogP contribution in [0.15, 0.2) is 54.7 Å².